The maximum atomic E-state index is 11.1. The van der Waals surface area contributed by atoms with Crippen molar-refractivity contribution in [2.45, 2.75) is 79.6 Å². The summed E-state index contributed by atoms with van der Waals surface area (Å²) in [7, 11) is 2.29. The molecule has 12 heteroatoms. The number of nitrogens with two attached hydrogens (primary N) is 1. The number of nitrogen functional groups attached to an aromatic ring is 1. The van der Waals surface area contributed by atoms with E-state index in [-0.39, 0.29) is 42.0 Å². The van der Waals surface area contributed by atoms with E-state index in [0.29, 0.717) is 12.4 Å². The summed E-state index contributed by atoms with van der Waals surface area (Å²) >= 11 is 0. The standard InChI is InChI=1S/C11H14N4O2.C8H18NO2P.C5H8O.C2H6.CHN/c12-11-9-3-2-8(15(9)14-6-13-11)10-4-1-7(5-16)17-10;1-6(9-12)7(10)11-5-8(2,3)4;1-3-5(6)4-2;2*1-2/h2-3,6-7,10,16H,1,4-5H2,(H2,12,13,14);6,9H,5,12H2,1-4H3;3-4,6H,1H2,2H3;1-2H3;1H/b;;5-4+;;. The number of hydrogen-bond donors (Lipinski definition) is 4. The molecule has 3 rings (SSSR count). The van der Waals surface area contributed by atoms with Crippen LogP contribution in [-0.4, -0.2) is 56.1 Å². The molecule has 39 heavy (non-hydrogen) atoms. The second-order valence-corrected chi connectivity index (χ2v) is 9.51. The van der Waals surface area contributed by atoms with Crippen molar-refractivity contribution in [1.29, 1.82) is 5.26 Å². The highest BCUT2D eigenvalue weighted by Gasteiger charge is 2.28. The maximum absolute atomic E-state index is 11.1. The van der Waals surface area contributed by atoms with Crippen molar-refractivity contribution in [2.24, 2.45) is 5.41 Å². The molecule has 0 amide bonds. The van der Waals surface area contributed by atoms with Crippen LogP contribution >= 0.6 is 9.39 Å². The lowest BCUT2D eigenvalue weighted by atomic mass is 9.99. The van der Waals surface area contributed by atoms with Gasteiger partial charge in [-0.25, -0.2) is 14.8 Å². The molecule has 0 radical (unpaired) electrons. The Labute approximate surface area is 235 Å². The fourth-order valence-corrected chi connectivity index (χ4v) is 3.01. The van der Waals surface area contributed by atoms with Crippen molar-refractivity contribution in [3.05, 3.63) is 48.6 Å². The minimum atomic E-state index is -0.252. The fraction of sp³-hybridized carbons (Fsp3) is 0.556. The molecule has 0 spiro atoms. The number of allylic oxidation sites excluding steroid dienone is 2. The van der Waals surface area contributed by atoms with Gasteiger partial charge in [-0.3, -0.25) is 9.88 Å². The zero-order valence-corrected chi connectivity index (χ0v) is 25.4. The summed E-state index contributed by atoms with van der Waals surface area (Å²) in [4.78, 5) is 15.1. The van der Waals surface area contributed by atoms with Gasteiger partial charge in [-0.1, -0.05) is 50.6 Å². The van der Waals surface area contributed by atoms with Crippen LogP contribution in [0.25, 0.3) is 5.52 Å². The Bertz CT molecular complexity index is 1020. The molecule has 0 saturated carbocycles. The third kappa shape index (κ3) is 14.6. The van der Waals surface area contributed by atoms with E-state index < -0.39 is 0 Å². The van der Waals surface area contributed by atoms with Crippen LogP contribution in [-0.2, 0) is 14.3 Å². The van der Waals surface area contributed by atoms with Crippen molar-refractivity contribution in [3.8, 4) is 6.57 Å². The number of aliphatic hydroxyl groups excluding tert-OH is 2. The largest absolute Gasteiger partial charge is 0.508 e. The number of fused-ring (bicyclic) bond motifs is 1. The molecule has 1 fully saturated rings. The SMILES string of the molecule is C#N.C=C/C(O)=C\C.CC.CC(NP)C(=O)OCC(C)(C)C.Nc1ncnn2c(C3CCC(CO)O3)ccc12. The molecule has 0 aliphatic carbocycles. The molecule has 4 unspecified atom stereocenters. The number of rotatable bonds is 6. The summed E-state index contributed by atoms with van der Waals surface area (Å²) in [6.45, 7) is 20.9. The third-order valence-electron chi connectivity index (χ3n) is 4.91. The summed E-state index contributed by atoms with van der Waals surface area (Å²) in [5.74, 6) is 0.484. The molecule has 3 heterocycles. The summed E-state index contributed by atoms with van der Waals surface area (Å²) in [6.07, 6.45) is 6.07. The Kier molecular flexibility index (Phi) is 20.4. The van der Waals surface area contributed by atoms with E-state index in [4.69, 9.17) is 30.7 Å². The van der Waals surface area contributed by atoms with Gasteiger partial charge in [0.1, 0.15) is 29.7 Å². The Morgan fingerprint density at radius 3 is 2.46 bits per heavy atom. The van der Waals surface area contributed by atoms with Gasteiger partial charge in [0, 0.05) is 6.57 Å². The average molecular weight is 567 g/mol. The van der Waals surface area contributed by atoms with Gasteiger partial charge in [-0.15, -0.1) is 0 Å². The van der Waals surface area contributed by atoms with Gasteiger partial charge >= 0.3 is 5.97 Å². The Hall–Kier alpha value is -3.03. The van der Waals surface area contributed by atoms with Crippen molar-refractivity contribution in [3.63, 3.8) is 0 Å². The predicted molar refractivity (Wildman–Crippen MR) is 159 cm³/mol. The second kappa shape index (κ2) is 20.9. The van der Waals surface area contributed by atoms with Crippen LogP contribution in [0.4, 0.5) is 5.82 Å². The van der Waals surface area contributed by atoms with Gasteiger partial charge in [0.2, 0.25) is 0 Å². The molecule has 11 nitrogen and oxygen atoms in total. The minimum Gasteiger partial charge on any atom is -0.508 e. The van der Waals surface area contributed by atoms with E-state index in [0.717, 1.165) is 24.1 Å². The highest BCUT2D eigenvalue weighted by Crippen LogP contribution is 2.33. The van der Waals surface area contributed by atoms with Gasteiger partial charge in [0.05, 0.1) is 25.0 Å². The number of ether oxygens (including phenoxy) is 2. The number of esters is 1. The molecule has 2 aromatic rings. The zero-order chi connectivity index (χ0) is 30.6. The van der Waals surface area contributed by atoms with E-state index in [1.165, 1.54) is 12.4 Å². The number of aromatic nitrogens is 3. The Morgan fingerprint density at radius 2 is 2.03 bits per heavy atom. The van der Waals surface area contributed by atoms with Gasteiger partial charge < -0.3 is 25.4 Å². The number of nitriles is 1. The molecule has 2 aromatic heterocycles. The third-order valence-corrected chi connectivity index (χ3v) is 5.41. The van der Waals surface area contributed by atoms with Gasteiger partial charge in [-0.2, -0.15) is 5.10 Å². The van der Waals surface area contributed by atoms with E-state index in [1.54, 1.807) is 24.4 Å². The van der Waals surface area contributed by atoms with Crippen LogP contribution in [0.2, 0.25) is 0 Å². The van der Waals surface area contributed by atoms with Crippen molar-refractivity contribution in [2.75, 3.05) is 18.9 Å². The highest BCUT2D eigenvalue weighted by molar-refractivity contribution is 7.13. The lowest BCUT2D eigenvalue weighted by Gasteiger charge is -2.19. The van der Waals surface area contributed by atoms with Crippen LogP contribution in [0.1, 0.15) is 73.1 Å². The smallest absolute Gasteiger partial charge is 0.323 e. The van der Waals surface area contributed by atoms with E-state index in [9.17, 15) is 4.79 Å². The second-order valence-electron chi connectivity index (χ2n) is 9.18. The molecule has 4 atom stereocenters. The first kappa shape index (κ1) is 38.1. The minimum absolute atomic E-state index is 0.0241. The molecule has 1 aliphatic rings. The van der Waals surface area contributed by atoms with Gasteiger partial charge in [-0.05, 0) is 56.4 Å². The van der Waals surface area contributed by atoms with Crippen molar-refractivity contribution >= 4 is 26.7 Å². The van der Waals surface area contributed by atoms with Gasteiger partial charge in [0.25, 0.3) is 0 Å². The Balaban J connectivity index is 0. The van der Waals surface area contributed by atoms with Crippen LogP contribution < -0.4 is 10.8 Å². The molecular formula is C27H47N6O5P. The molecular weight excluding hydrogens is 519 g/mol. The van der Waals surface area contributed by atoms with E-state index in [2.05, 4.69) is 37.7 Å². The number of nitrogens with one attached hydrogen (secondary N) is 1. The normalized spacial score (nSPS) is 16.9. The fourth-order valence-electron chi connectivity index (χ4n) is 2.87. The molecule has 1 saturated heterocycles. The van der Waals surface area contributed by atoms with Crippen LogP contribution in [0.5, 0.6) is 0 Å². The summed E-state index contributed by atoms with van der Waals surface area (Å²) in [5.41, 5.74) is 7.56. The van der Waals surface area contributed by atoms with E-state index >= 15 is 0 Å². The monoisotopic (exact) mass is 566 g/mol. The highest BCUT2D eigenvalue weighted by atomic mass is 31.0. The lowest BCUT2D eigenvalue weighted by Crippen LogP contribution is -2.31. The first-order valence-electron chi connectivity index (χ1n) is 12.7. The maximum Gasteiger partial charge on any atom is 0.323 e. The number of carbonyl (C=O) groups is 1. The van der Waals surface area contributed by atoms with Crippen molar-refractivity contribution < 1.29 is 24.5 Å². The summed E-state index contributed by atoms with van der Waals surface area (Å²) in [6, 6.07) is 3.59. The van der Waals surface area contributed by atoms with Gasteiger partial charge in [0.15, 0.2) is 5.82 Å². The van der Waals surface area contributed by atoms with Crippen molar-refractivity contribution in [1.82, 2.24) is 19.7 Å². The molecule has 1 aliphatic heterocycles. The lowest BCUT2D eigenvalue weighted by molar-refractivity contribution is -0.147. The topological polar surface area (TPSA) is 168 Å². The number of anilines is 1. The molecule has 220 valence electrons. The molecule has 0 bridgehead atoms. The van der Waals surface area contributed by atoms with Crippen LogP contribution in [0.15, 0.2) is 43.0 Å². The van der Waals surface area contributed by atoms with Crippen LogP contribution in [0, 0.1) is 17.2 Å². The Morgan fingerprint density at radius 1 is 1.41 bits per heavy atom. The number of hydrogen-bond acceptors (Lipinski definition) is 10. The average Bonchev–Trinajstić information content (AvgIpc) is 3.61. The quantitative estimate of drug-likeness (QED) is 0.167. The first-order valence-corrected chi connectivity index (χ1v) is 13.3. The first-order chi connectivity index (χ1) is 18.5. The predicted octanol–water partition coefficient (Wildman–Crippen LogP) is 4.67. The zero-order valence-electron chi connectivity index (χ0n) is 24.3. The number of aliphatic hydroxyl groups is 2. The number of carbonyl (C=O) groups excluding carboxylic acids is 1. The molecule has 5 N–H and O–H groups in total. The summed E-state index contributed by atoms with van der Waals surface area (Å²) < 4.78 is 12.5. The van der Waals surface area contributed by atoms with E-state index in [1.807, 2.05) is 46.8 Å². The summed E-state index contributed by atoms with van der Waals surface area (Å²) in [5, 5.41) is 30.9. The van der Waals surface area contributed by atoms with Crippen LogP contribution in [0.3, 0.4) is 0 Å². The molecule has 0 aromatic carbocycles. The number of nitrogens with zero attached hydrogens (tertiary/aromatic N) is 4.